The summed E-state index contributed by atoms with van der Waals surface area (Å²) in [7, 11) is 0. The normalized spacial score (nSPS) is 12.3. The SMILES string of the molecule is CCn1c(CCNC(=O)N[C@H](C)CCO)nc2ccccc21. The van der Waals surface area contributed by atoms with Crippen LogP contribution in [-0.4, -0.2) is 39.9 Å². The number of aromatic nitrogens is 2. The highest BCUT2D eigenvalue weighted by Crippen LogP contribution is 2.15. The molecule has 1 heterocycles. The summed E-state index contributed by atoms with van der Waals surface area (Å²) in [6.07, 6.45) is 1.24. The fraction of sp³-hybridized carbons (Fsp3) is 0.500. The number of para-hydroxylation sites is 2. The monoisotopic (exact) mass is 304 g/mol. The summed E-state index contributed by atoms with van der Waals surface area (Å²) < 4.78 is 2.17. The summed E-state index contributed by atoms with van der Waals surface area (Å²) >= 11 is 0. The van der Waals surface area contributed by atoms with Crippen molar-refractivity contribution in [2.75, 3.05) is 13.2 Å². The van der Waals surface area contributed by atoms with Crippen molar-refractivity contribution in [2.24, 2.45) is 0 Å². The highest BCUT2D eigenvalue weighted by molar-refractivity contribution is 5.76. The molecule has 0 saturated heterocycles. The van der Waals surface area contributed by atoms with Crippen molar-refractivity contribution in [3.63, 3.8) is 0 Å². The van der Waals surface area contributed by atoms with E-state index in [1.54, 1.807) is 0 Å². The average Bonchev–Trinajstić information content (AvgIpc) is 2.84. The number of aryl methyl sites for hydroxylation is 1. The molecule has 2 aromatic rings. The number of hydrogen-bond acceptors (Lipinski definition) is 3. The molecule has 6 nitrogen and oxygen atoms in total. The van der Waals surface area contributed by atoms with Gasteiger partial charge in [0.25, 0.3) is 0 Å². The molecule has 2 rings (SSSR count). The molecule has 0 aliphatic rings. The number of aliphatic hydroxyl groups excluding tert-OH is 1. The first kappa shape index (κ1) is 16.3. The third-order valence-electron chi connectivity index (χ3n) is 3.62. The van der Waals surface area contributed by atoms with Crippen molar-refractivity contribution < 1.29 is 9.90 Å². The first-order chi connectivity index (χ1) is 10.7. The summed E-state index contributed by atoms with van der Waals surface area (Å²) in [6.45, 7) is 5.42. The number of carbonyl (C=O) groups excluding carboxylic acids is 1. The summed E-state index contributed by atoms with van der Waals surface area (Å²) in [5, 5.41) is 14.4. The number of amides is 2. The number of hydrogen-bond donors (Lipinski definition) is 3. The molecule has 3 N–H and O–H groups in total. The zero-order valence-electron chi connectivity index (χ0n) is 13.2. The Labute approximate surface area is 130 Å². The molecule has 0 aliphatic heterocycles. The average molecular weight is 304 g/mol. The van der Waals surface area contributed by atoms with Crippen molar-refractivity contribution in [2.45, 2.75) is 39.3 Å². The third-order valence-corrected chi connectivity index (χ3v) is 3.62. The number of carbonyl (C=O) groups is 1. The van der Waals surface area contributed by atoms with Gasteiger partial charge in [0.05, 0.1) is 11.0 Å². The zero-order chi connectivity index (χ0) is 15.9. The van der Waals surface area contributed by atoms with Gasteiger partial charge in [0.2, 0.25) is 0 Å². The Morgan fingerprint density at radius 1 is 1.41 bits per heavy atom. The van der Waals surface area contributed by atoms with Gasteiger partial charge in [-0.2, -0.15) is 0 Å². The predicted octanol–water partition coefficient (Wildman–Crippen LogP) is 1.67. The van der Waals surface area contributed by atoms with Gasteiger partial charge in [0.1, 0.15) is 5.82 Å². The first-order valence-corrected chi connectivity index (χ1v) is 7.75. The zero-order valence-corrected chi connectivity index (χ0v) is 13.2. The van der Waals surface area contributed by atoms with Crippen LogP contribution >= 0.6 is 0 Å². The second-order valence-electron chi connectivity index (χ2n) is 5.32. The maximum Gasteiger partial charge on any atom is 0.315 e. The third kappa shape index (κ3) is 3.98. The van der Waals surface area contributed by atoms with Crippen LogP contribution in [0.2, 0.25) is 0 Å². The first-order valence-electron chi connectivity index (χ1n) is 7.75. The van der Waals surface area contributed by atoms with Crippen molar-refractivity contribution in [3.8, 4) is 0 Å². The van der Waals surface area contributed by atoms with Crippen molar-refractivity contribution in [3.05, 3.63) is 30.1 Å². The van der Waals surface area contributed by atoms with Crippen LogP contribution in [0.3, 0.4) is 0 Å². The van der Waals surface area contributed by atoms with E-state index >= 15 is 0 Å². The second-order valence-corrected chi connectivity index (χ2v) is 5.32. The molecule has 2 amide bonds. The molecule has 0 saturated carbocycles. The lowest BCUT2D eigenvalue weighted by Gasteiger charge is -2.13. The molecule has 1 atom stereocenters. The lowest BCUT2D eigenvalue weighted by atomic mass is 10.2. The number of benzene rings is 1. The number of rotatable bonds is 7. The molecule has 1 aromatic heterocycles. The molecule has 1 aromatic carbocycles. The summed E-state index contributed by atoms with van der Waals surface area (Å²) in [5.74, 6) is 0.979. The molecule has 0 radical (unpaired) electrons. The molecule has 0 unspecified atom stereocenters. The minimum absolute atomic E-state index is 0.0368. The molecule has 0 bridgehead atoms. The summed E-state index contributed by atoms with van der Waals surface area (Å²) in [4.78, 5) is 16.3. The quantitative estimate of drug-likeness (QED) is 0.728. The van der Waals surface area contributed by atoms with Gasteiger partial charge < -0.3 is 20.3 Å². The van der Waals surface area contributed by atoms with Crippen LogP contribution in [0.25, 0.3) is 11.0 Å². The van der Waals surface area contributed by atoms with Gasteiger partial charge in [-0.25, -0.2) is 9.78 Å². The molecule has 120 valence electrons. The van der Waals surface area contributed by atoms with Gasteiger partial charge in [-0.1, -0.05) is 12.1 Å². The van der Waals surface area contributed by atoms with Crippen molar-refractivity contribution in [1.29, 1.82) is 0 Å². The fourth-order valence-electron chi connectivity index (χ4n) is 2.50. The summed E-state index contributed by atoms with van der Waals surface area (Å²) in [5.41, 5.74) is 2.11. The minimum Gasteiger partial charge on any atom is -0.396 e. The van der Waals surface area contributed by atoms with Gasteiger partial charge in [-0.3, -0.25) is 0 Å². The van der Waals surface area contributed by atoms with Crippen LogP contribution < -0.4 is 10.6 Å². The van der Waals surface area contributed by atoms with E-state index in [1.807, 2.05) is 25.1 Å². The number of urea groups is 1. The Morgan fingerprint density at radius 3 is 2.91 bits per heavy atom. The second kappa shape index (κ2) is 7.79. The summed E-state index contributed by atoms with van der Waals surface area (Å²) in [6, 6.07) is 7.81. The molecule has 22 heavy (non-hydrogen) atoms. The van der Waals surface area contributed by atoms with Crippen LogP contribution in [0.5, 0.6) is 0 Å². The Morgan fingerprint density at radius 2 is 2.18 bits per heavy atom. The van der Waals surface area contributed by atoms with Crippen molar-refractivity contribution in [1.82, 2.24) is 20.2 Å². The van der Waals surface area contributed by atoms with E-state index in [4.69, 9.17) is 5.11 Å². The van der Waals surface area contributed by atoms with Gasteiger partial charge in [0, 0.05) is 32.2 Å². The maximum atomic E-state index is 11.7. The fourth-order valence-corrected chi connectivity index (χ4v) is 2.50. The van der Waals surface area contributed by atoms with E-state index in [2.05, 4.69) is 33.2 Å². The number of aliphatic hydroxyl groups is 1. The van der Waals surface area contributed by atoms with Gasteiger partial charge >= 0.3 is 6.03 Å². The van der Waals surface area contributed by atoms with Gasteiger partial charge in [-0.05, 0) is 32.4 Å². The van der Waals surface area contributed by atoms with Crippen molar-refractivity contribution >= 4 is 17.1 Å². The standard InChI is InChI=1S/C16H24N4O2/c1-3-20-14-7-5-4-6-13(14)19-15(20)8-10-17-16(22)18-12(2)9-11-21/h4-7,12,21H,3,8-11H2,1-2H3,(H2,17,18,22)/t12-/m1/s1. The van der Waals surface area contributed by atoms with Crippen LogP contribution in [0.15, 0.2) is 24.3 Å². The van der Waals surface area contributed by atoms with E-state index in [0.29, 0.717) is 19.4 Å². The van der Waals surface area contributed by atoms with Gasteiger partial charge in [-0.15, -0.1) is 0 Å². The lowest BCUT2D eigenvalue weighted by molar-refractivity contribution is 0.231. The van der Waals surface area contributed by atoms with Crippen LogP contribution in [0, 0.1) is 0 Å². The molecule has 0 fully saturated rings. The van der Waals surface area contributed by atoms with E-state index in [1.165, 1.54) is 0 Å². The topological polar surface area (TPSA) is 79.2 Å². The molecular formula is C16H24N4O2. The smallest absolute Gasteiger partial charge is 0.315 e. The molecule has 6 heteroatoms. The highest BCUT2D eigenvalue weighted by atomic mass is 16.3. The Balaban J connectivity index is 1.90. The lowest BCUT2D eigenvalue weighted by Crippen LogP contribution is -2.41. The van der Waals surface area contributed by atoms with Gasteiger partial charge in [0.15, 0.2) is 0 Å². The maximum absolute atomic E-state index is 11.7. The largest absolute Gasteiger partial charge is 0.396 e. The van der Waals surface area contributed by atoms with E-state index < -0.39 is 0 Å². The number of nitrogens with zero attached hydrogens (tertiary/aromatic N) is 2. The Bertz CT molecular complexity index is 624. The van der Waals surface area contributed by atoms with E-state index in [9.17, 15) is 4.79 Å². The van der Waals surface area contributed by atoms with E-state index in [0.717, 1.165) is 23.4 Å². The number of imidazole rings is 1. The Hall–Kier alpha value is -2.08. The molecular weight excluding hydrogens is 280 g/mol. The molecule has 0 aliphatic carbocycles. The van der Waals surface area contributed by atoms with Crippen LogP contribution in [0.1, 0.15) is 26.1 Å². The number of nitrogens with one attached hydrogen (secondary N) is 2. The molecule has 0 spiro atoms. The van der Waals surface area contributed by atoms with Crippen LogP contribution in [-0.2, 0) is 13.0 Å². The Kier molecular flexibility index (Phi) is 5.77. The van der Waals surface area contributed by atoms with Crippen LogP contribution in [0.4, 0.5) is 4.79 Å². The number of fused-ring (bicyclic) bond motifs is 1. The van der Waals surface area contributed by atoms with E-state index in [-0.39, 0.29) is 18.7 Å². The predicted molar refractivity (Wildman–Crippen MR) is 86.8 cm³/mol. The highest BCUT2D eigenvalue weighted by Gasteiger charge is 2.10. The minimum atomic E-state index is -0.208.